The van der Waals surface area contributed by atoms with Crippen molar-refractivity contribution in [1.82, 2.24) is 16.2 Å². The summed E-state index contributed by atoms with van der Waals surface area (Å²) in [5.41, 5.74) is 12.9. The molecule has 0 bridgehead atoms. The van der Waals surface area contributed by atoms with Crippen molar-refractivity contribution < 1.29 is 4.79 Å². The van der Waals surface area contributed by atoms with E-state index >= 15 is 0 Å². The van der Waals surface area contributed by atoms with Crippen molar-refractivity contribution in [3.05, 3.63) is 29.8 Å². The molecule has 92 valence electrons. The summed E-state index contributed by atoms with van der Waals surface area (Å²) in [6.45, 7) is 2.07. The van der Waals surface area contributed by atoms with E-state index in [0.717, 1.165) is 11.3 Å². The Morgan fingerprint density at radius 1 is 1.41 bits per heavy atom. The lowest BCUT2D eigenvalue weighted by molar-refractivity contribution is -0.126. The Labute approximate surface area is 104 Å². The first-order chi connectivity index (χ1) is 8.22. The van der Waals surface area contributed by atoms with Crippen molar-refractivity contribution in [3.63, 3.8) is 0 Å². The Bertz CT molecular complexity index is 412. The standard InChI is InChI=1S/C11H16N4OS/c1-2-17-11-13-9(10(16)14-15-11)7-5-3-4-6-8(7)12/h3-6,9,11,13,15H,2,12H2,1H3,(H,14,16). The third-order valence-corrected chi connectivity index (χ3v) is 3.47. The number of hydrogen-bond acceptors (Lipinski definition) is 5. The lowest BCUT2D eigenvalue weighted by Gasteiger charge is -2.31. The zero-order chi connectivity index (χ0) is 12.3. The number of benzene rings is 1. The molecule has 5 nitrogen and oxygen atoms in total. The predicted octanol–water partition coefficient (Wildman–Crippen LogP) is 0.571. The van der Waals surface area contributed by atoms with Crippen LogP contribution in [0.5, 0.6) is 0 Å². The van der Waals surface area contributed by atoms with Gasteiger partial charge in [0.2, 0.25) is 0 Å². The lowest BCUT2D eigenvalue weighted by atomic mass is 10.0. The zero-order valence-corrected chi connectivity index (χ0v) is 10.4. The Hall–Kier alpha value is -1.24. The average Bonchev–Trinajstić information content (AvgIpc) is 2.33. The molecule has 0 radical (unpaired) electrons. The Kier molecular flexibility index (Phi) is 3.88. The first-order valence-corrected chi connectivity index (χ1v) is 6.54. The number of para-hydroxylation sites is 1. The predicted molar refractivity (Wildman–Crippen MR) is 69.9 cm³/mol. The number of carbonyl (C=O) groups is 1. The molecule has 5 N–H and O–H groups in total. The van der Waals surface area contributed by atoms with Crippen LogP contribution < -0.4 is 21.9 Å². The second kappa shape index (κ2) is 5.39. The highest BCUT2D eigenvalue weighted by molar-refractivity contribution is 7.99. The van der Waals surface area contributed by atoms with Crippen LogP contribution in [0, 0.1) is 0 Å². The average molecular weight is 252 g/mol. The molecule has 1 aromatic carbocycles. The summed E-state index contributed by atoms with van der Waals surface area (Å²) in [6.07, 6.45) is 0. The minimum Gasteiger partial charge on any atom is -0.398 e. The van der Waals surface area contributed by atoms with Gasteiger partial charge in [0.25, 0.3) is 5.91 Å². The second-order valence-electron chi connectivity index (χ2n) is 3.70. The summed E-state index contributed by atoms with van der Waals surface area (Å²) < 4.78 is 0. The van der Waals surface area contributed by atoms with Crippen LogP contribution in [0.2, 0.25) is 0 Å². The van der Waals surface area contributed by atoms with Crippen LogP contribution >= 0.6 is 11.8 Å². The molecule has 17 heavy (non-hydrogen) atoms. The fraction of sp³-hybridized carbons (Fsp3) is 0.364. The number of hydrogen-bond donors (Lipinski definition) is 4. The summed E-state index contributed by atoms with van der Waals surface area (Å²) in [6, 6.07) is 7.00. The van der Waals surface area contributed by atoms with Crippen LogP contribution in [0.4, 0.5) is 5.69 Å². The van der Waals surface area contributed by atoms with E-state index in [4.69, 9.17) is 5.73 Å². The molecule has 1 saturated heterocycles. The third-order valence-electron chi connectivity index (χ3n) is 2.55. The summed E-state index contributed by atoms with van der Waals surface area (Å²) in [7, 11) is 0. The first kappa shape index (κ1) is 12.2. The number of anilines is 1. The van der Waals surface area contributed by atoms with Gasteiger partial charge in [0, 0.05) is 11.3 Å². The molecule has 1 aromatic rings. The van der Waals surface area contributed by atoms with Crippen LogP contribution in [-0.2, 0) is 4.79 Å². The first-order valence-electron chi connectivity index (χ1n) is 5.50. The minimum atomic E-state index is -0.401. The number of hydrazine groups is 1. The number of nitrogen functional groups attached to an aromatic ring is 1. The van der Waals surface area contributed by atoms with Gasteiger partial charge in [-0.05, 0) is 11.8 Å². The molecule has 1 aliphatic heterocycles. The summed E-state index contributed by atoms with van der Waals surface area (Å²) in [4.78, 5) is 11.8. The molecule has 2 rings (SSSR count). The highest BCUT2D eigenvalue weighted by atomic mass is 32.2. The zero-order valence-electron chi connectivity index (χ0n) is 9.57. The van der Waals surface area contributed by atoms with Gasteiger partial charge in [0.1, 0.15) is 11.5 Å². The molecule has 0 aliphatic carbocycles. The Morgan fingerprint density at radius 2 is 2.18 bits per heavy atom. The van der Waals surface area contributed by atoms with E-state index in [1.165, 1.54) is 0 Å². The topological polar surface area (TPSA) is 79.2 Å². The SMILES string of the molecule is CCSC1NNC(=O)C(c2ccccc2N)N1. The maximum Gasteiger partial charge on any atom is 0.256 e. The van der Waals surface area contributed by atoms with Crippen molar-refractivity contribution in [2.24, 2.45) is 0 Å². The highest BCUT2D eigenvalue weighted by Gasteiger charge is 2.29. The molecule has 0 aromatic heterocycles. The van der Waals surface area contributed by atoms with Crippen LogP contribution in [0.3, 0.4) is 0 Å². The molecule has 1 amide bonds. The Balaban J connectivity index is 2.18. The minimum absolute atomic E-state index is 0.00214. The fourth-order valence-electron chi connectivity index (χ4n) is 1.74. The van der Waals surface area contributed by atoms with E-state index in [-0.39, 0.29) is 11.4 Å². The van der Waals surface area contributed by atoms with Crippen molar-refractivity contribution in [1.29, 1.82) is 0 Å². The van der Waals surface area contributed by atoms with Gasteiger partial charge in [-0.15, -0.1) is 11.8 Å². The normalized spacial score (nSPS) is 24.4. The summed E-state index contributed by atoms with van der Waals surface area (Å²) in [5, 5.41) is 3.22. The van der Waals surface area contributed by atoms with E-state index in [2.05, 4.69) is 23.1 Å². The van der Waals surface area contributed by atoms with Gasteiger partial charge in [-0.3, -0.25) is 15.5 Å². The number of thioether (sulfide) groups is 1. The summed E-state index contributed by atoms with van der Waals surface area (Å²) >= 11 is 1.68. The van der Waals surface area contributed by atoms with E-state index < -0.39 is 6.04 Å². The van der Waals surface area contributed by atoms with Gasteiger partial charge < -0.3 is 5.73 Å². The van der Waals surface area contributed by atoms with Gasteiger partial charge in [-0.25, -0.2) is 5.43 Å². The van der Waals surface area contributed by atoms with Gasteiger partial charge in [0.15, 0.2) is 0 Å². The molecule has 0 saturated carbocycles. The fourth-order valence-corrected chi connectivity index (χ4v) is 2.45. The monoisotopic (exact) mass is 252 g/mol. The van der Waals surface area contributed by atoms with E-state index in [0.29, 0.717) is 5.69 Å². The number of carbonyl (C=O) groups excluding carboxylic acids is 1. The van der Waals surface area contributed by atoms with E-state index in [1.807, 2.05) is 18.2 Å². The molecular weight excluding hydrogens is 236 g/mol. The van der Waals surface area contributed by atoms with E-state index in [1.54, 1.807) is 17.8 Å². The smallest absolute Gasteiger partial charge is 0.256 e. The highest BCUT2D eigenvalue weighted by Crippen LogP contribution is 2.23. The quantitative estimate of drug-likeness (QED) is 0.592. The van der Waals surface area contributed by atoms with Crippen LogP contribution in [0.25, 0.3) is 0 Å². The maximum absolute atomic E-state index is 11.8. The van der Waals surface area contributed by atoms with Crippen LogP contribution in [-0.4, -0.2) is 17.2 Å². The largest absolute Gasteiger partial charge is 0.398 e. The van der Waals surface area contributed by atoms with Crippen molar-refractivity contribution in [3.8, 4) is 0 Å². The molecule has 2 atom stereocenters. The van der Waals surface area contributed by atoms with Crippen LogP contribution in [0.15, 0.2) is 24.3 Å². The number of rotatable bonds is 3. The van der Waals surface area contributed by atoms with E-state index in [9.17, 15) is 4.79 Å². The lowest BCUT2D eigenvalue weighted by Crippen LogP contribution is -2.60. The molecule has 0 spiro atoms. The number of nitrogens with two attached hydrogens (primary N) is 1. The van der Waals surface area contributed by atoms with Crippen molar-refractivity contribution in [2.75, 3.05) is 11.5 Å². The number of nitrogens with one attached hydrogen (secondary N) is 3. The molecule has 6 heteroatoms. The molecule has 1 heterocycles. The molecule has 1 fully saturated rings. The third kappa shape index (κ3) is 2.71. The molecule has 1 aliphatic rings. The van der Waals surface area contributed by atoms with Gasteiger partial charge in [-0.1, -0.05) is 25.1 Å². The molecule has 2 unspecified atom stereocenters. The number of amides is 1. The van der Waals surface area contributed by atoms with Gasteiger partial charge >= 0.3 is 0 Å². The second-order valence-corrected chi connectivity index (χ2v) is 5.08. The van der Waals surface area contributed by atoms with Gasteiger partial charge in [0.05, 0.1) is 0 Å². The molecular formula is C11H16N4OS. The van der Waals surface area contributed by atoms with Crippen molar-refractivity contribution in [2.45, 2.75) is 18.5 Å². The maximum atomic E-state index is 11.8. The summed E-state index contributed by atoms with van der Waals surface area (Å²) in [5.74, 6) is 0.841. The van der Waals surface area contributed by atoms with Gasteiger partial charge in [-0.2, -0.15) is 0 Å². The van der Waals surface area contributed by atoms with Crippen LogP contribution in [0.1, 0.15) is 18.5 Å². The van der Waals surface area contributed by atoms with Crippen molar-refractivity contribution >= 4 is 23.4 Å². The Morgan fingerprint density at radius 3 is 2.88 bits per heavy atom.